The van der Waals surface area contributed by atoms with E-state index < -0.39 is 14.2 Å². The van der Waals surface area contributed by atoms with Crippen LogP contribution in [0.3, 0.4) is 0 Å². The highest BCUT2D eigenvalue weighted by Crippen LogP contribution is 2.32. The van der Waals surface area contributed by atoms with Crippen LogP contribution in [-0.2, 0) is 10.9 Å². The molecule has 1 atom stereocenters. The molecule has 218 valence electrons. The summed E-state index contributed by atoms with van der Waals surface area (Å²) in [4.78, 5) is 10.0. The summed E-state index contributed by atoms with van der Waals surface area (Å²) in [5, 5.41) is 23.2. The highest BCUT2D eigenvalue weighted by molar-refractivity contribution is 6.74. The zero-order chi connectivity index (χ0) is 29.1. The Morgan fingerprint density at radius 1 is 1.12 bits per heavy atom. The van der Waals surface area contributed by atoms with E-state index in [0.29, 0.717) is 18.0 Å². The molecule has 0 saturated carbocycles. The van der Waals surface area contributed by atoms with Crippen LogP contribution in [0.25, 0.3) is 22.8 Å². The first-order valence-corrected chi connectivity index (χ1v) is 18.0. The van der Waals surface area contributed by atoms with Crippen LogP contribution >= 0.6 is 0 Å². The third-order valence-electron chi connectivity index (χ3n) is 6.92. The van der Waals surface area contributed by atoms with Crippen LogP contribution in [0.15, 0.2) is 24.3 Å². The number of aliphatic hydroxyl groups excluding tert-OH is 1. The van der Waals surface area contributed by atoms with E-state index in [1.807, 2.05) is 35.9 Å². The molecule has 2 N–H and O–H groups in total. The molecule has 1 saturated heterocycles. The molecule has 0 aliphatic carbocycles. The number of anilines is 1. The summed E-state index contributed by atoms with van der Waals surface area (Å²) in [5.74, 6) is 2.07. The molecule has 9 nitrogen and oxygen atoms in total. The number of rotatable bonds is 10. The lowest BCUT2D eigenvalue weighted by Gasteiger charge is -2.25. The van der Waals surface area contributed by atoms with Crippen molar-refractivity contribution in [3.05, 3.63) is 35.5 Å². The standard InChI is InChI=1S/C30H46N6O3Si/c1-20-26(27-21(2)36(35-34-27)19-40(6,7)8)32-29(33-28(20)31-23-12-14-38-15-13-23)22-10-9-11-25(16-22)39-18-24(37)17-30(3,4)5/h9-11,16,23-24,37H,12-15,17-19H2,1-8H3,(H,31,32,33). The minimum Gasteiger partial charge on any atom is -0.491 e. The van der Waals surface area contributed by atoms with Gasteiger partial charge in [-0.1, -0.05) is 57.8 Å². The van der Waals surface area contributed by atoms with Crippen molar-refractivity contribution >= 4 is 13.9 Å². The predicted molar refractivity (Wildman–Crippen MR) is 162 cm³/mol. The molecule has 10 heteroatoms. The zero-order valence-electron chi connectivity index (χ0n) is 25.4. The minimum absolute atomic E-state index is 0.0274. The van der Waals surface area contributed by atoms with Gasteiger partial charge in [0.25, 0.3) is 0 Å². The Balaban J connectivity index is 1.69. The average Bonchev–Trinajstić information content (AvgIpc) is 3.22. The maximum Gasteiger partial charge on any atom is 0.162 e. The van der Waals surface area contributed by atoms with E-state index in [-0.39, 0.29) is 18.1 Å². The van der Waals surface area contributed by atoms with Crippen LogP contribution < -0.4 is 10.1 Å². The van der Waals surface area contributed by atoms with Crippen molar-refractivity contribution in [3.8, 4) is 28.5 Å². The van der Waals surface area contributed by atoms with Crippen molar-refractivity contribution < 1.29 is 14.6 Å². The van der Waals surface area contributed by atoms with Gasteiger partial charge in [-0.2, -0.15) is 0 Å². The lowest BCUT2D eigenvalue weighted by Crippen LogP contribution is -2.29. The number of ether oxygens (including phenoxy) is 2. The Labute approximate surface area is 239 Å². The number of nitrogens with zero attached hydrogens (tertiary/aromatic N) is 5. The van der Waals surface area contributed by atoms with Crippen molar-refractivity contribution in [1.82, 2.24) is 25.0 Å². The van der Waals surface area contributed by atoms with E-state index in [9.17, 15) is 5.11 Å². The van der Waals surface area contributed by atoms with E-state index >= 15 is 0 Å². The van der Waals surface area contributed by atoms with Crippen molar-refractivity contribution in [1.29, 1.82) is 0 Å². The molecule has 3 heterocycles. The number of nitrogens with one attached hydrogen (secondary N) is 1. The summed E-state index contributed by atoms with van der Waals surface area (Å²) in [6, 6.07) is 8.04. The fraction of sp³-hybridized carbons (Fsp3) is 0.600. The molecule has 1 fully saturated rings. The molecule has 4 rings (SSSR count). The van der Waals surface area contributed by atoms with Crippen LogP contribution in [0, 0.1) is 19.3 Å². The lowest BCUT2D eigenvalue weighted by atomic mass is 9.89. The molecule has 1 unspecified atom stereocenters. The Morgan fingerprint density at radius 3 is 2.52 bits per heavy atom. The first-order chi connectivity index (χ1) is 18.8. The maximum atomic E-state index is 10.4. The predicted octanol–water partition coefficient (Wildman–Crippen LogP) is 5.66. The van der Waals surface area contributed by atoms with Gasteiger partial charge in [-0.3, -0.25) is 4.68 Å². The molecule has 1 aromatic carbocycles. The van der Waals surface area contributed by atoms with Crippen molar-refractivity contribution in [2.75, 3.05) is 25.1 Å². The van der Waals surface area contributed by atoms with E-state index in [1.54, 1.807) is 0 Å². The quantitative estimate of drug-likeness (QED) is 0.303. The molecule has 1 aliphatic rings. The second-order valence-corrected chi connectivity index (χ2v) is 18.8. The molecule has 0 radical (unpaired) electrons. The first kappa shape index (κ1) is 30.1. The zero-order valence-corrected chi connectivity index (χ0v) is 26.4. The molecule has 0 amide bonds. The van der Waals surface area contributed by atoms with Crippen LogP contribution in [0.1, 0.15) is 51.3 Å². The minimum atomic E-state index is -1.40. The van der Waals surface area contributed by atoms with Gasteiger partial charge in [-0.15, -0.1) is 5.10 Å². The molecular formula is C30H46N6O3Si. The van der Waals surface area contributed by atoms with Gasteiger partial charge in [0.05, 0.1) is 19.9 Å². The lowest BCUT2D eigenvalue weighted by molar-refractivity contribution is 0.0710. The molecule has 3 aromatic rings. The fourth-order valence-electron chi connectivity index (χ4n) is 4.91. The average molecular weight is 567 g/mol. The largest absolute Gasteiger partial charge is 0.491 e. The van der Waals surface area contributed by atoms with Gasteiger partial charge in [0, 0.05) is 36.6 Å². The van der Waals surface area contributed by atoms with Crippen molar-refractivity contribution in [2.24, 2.45) is 5.41 Å². The monoisotopic (exact) mass is 566 g/mol. The number of hydrogen-bond acceptors (Lipinski definition) is 8. The Hall–Kier alpha value is -2.82. The number of aliphatic hydroxyl groups is 1. The third-order valence-corrected chi connectivity index (χ3v) is 8.17. The Morgan fingerprint density at radius 2 is 1.85 bits per heavy atom. The normalized spacial score (nSPS) is 15.7. The maximum absolute atomic E-state index is 10.4. The van der Waals surface area contributed by atoms with E-state index in [2.05, 4.69) is 63.0 Å². The second-order valence-electron chi connectivity index (χ2n) is 13.4. The SMILES string of the molecule is Cc1c(NC2CCOCC2)nc(-c2cccc(OCC(O)CC(C)(C)C)c2)nc1-c1nnn(C[Si](C)(C)C)c1C. The van der Waals surface area contributed by atoms with Gasteiger partial charge in [0.15, 0.2) is 5.82 Å². The molecule has 1 aliphatic heterocycles. The van der Waals surface area contributed by atoms with Crippen LogP contribution in [-0.4, -0.2) is 70.1 Å². The van der Waals surface area contributed by atoms with Gasteiger partial charge in [-0.05, 0) is 50.7 Å². The molecular weight excluding hydrogens is 520 g/mol. The summed E-state index contributed by atoms with van der Waals surface area (Å²) in [6.45, 7) is 19.2. The van der Waals surface area contributed by atoms with Crippen LogP contribution in [0.4, 0.5) is 5.82 Å². The first-order valence-electron chi connectivity index (χ1n) is 14.3. The van der Waals surface area contributed by atoms with E-state index in [0.717, 1.165) is 66.2 Å². The van der Waals surface area contributed by atoms with Gasteiger partial charge >= 0.3 is 0 Å². The summed E-state index contributed by atoms with van der Waals surface area (Å²) < 4.78 is 13.6. The van der Waals surface area contributed by atoms with Gasteiger partial charge in [0.1, 0.15) is 29.6 Å². The van der Waals surface area contributed by atoms with Gasteiger partial charge < -0.3 is 19.9 Å². The highest BCUT2D eigenvalue weighted by Gasteiger charge is 2.24. The molecule has 40 heavy (non-hydrogen) atoms. The van der Waals surface area contributed by atoms with Crippen molar-refractivity contribution in [2.45, 2.75) is 91.8 Å². The molecule has 0 bridgehead atoms. The highest BCUT2D eigenvalue weighted by atomic mass is 28.3. The summed E-state index contributed by atoms with van der Waals surface area (Å²) in [7, 11) is -1.40. The van der Waals surface area contributed by atoms with Gasteiger partial charge in [0.2, 0.25) is 0 Å². The van der Waals surface area contributed by atoms with E-state index in [4.69, 9.17) is 19.4 Å². The number of hydrogen-bond donors (Lipinski definition) is 2. The smallest absolute Gasteiger partial charge is 0.162 e. The number of aromatic nitrogens is 5. The van der Waals surface area contributed by atoms with Crippen molar-refractivity contribution in [3.63, 3.8) is 0 Å². The Kier molecular flexibility index (Phi) is 9.32. The summed E-state index contributed by atoms with van der Waals surface area (Å²) in [5.41, 5.74) is 4.40. The topological polar surface area (TPSA) is 107 Å². The van der Waals surface area contributed by atoms with Crippen LogP contribution in [0.5, 0.6) is 5.75 Å². The summed E-state index contributed by atoms with van der Waals surface area (Å²) in [6.07, 6.45) is 2.88. The van der Waals surface area contributed by atoms with Gasteiger partial charge in [-0.25, -0.2) is 9.97 Å². The number of benzene rings is 1. The molecule has 2 aromatic heterocycles. The fourth-order valence-corrected chi connectivity index (χ4v) is 6.11. The van der Waals surface area contributed by atoms with Crippen LogP contribution in [0.2, 0.25) is 19.6 Å². The third kappa shape index (κ3) is 8.11. The Bertz CT molecular complexity index is 1290. The molecule has 0 spiro atoms. The summed E-state index contributed by atoms with van der Waals surface area (Å²) >= 11 is 0. The second kappa shape index (κ2) is 12.4. The van der Waals surface area contributed by atoms with E-state index in [1.165, 1.54) is 0 Å².